The number of hydrogen-bond acceptors (Lipinski definition) is 4. The molecule has 12 heavy (non-hydrogen) atoms. The molecule has 1 aliphatic heterocycles. The van der Waals surface area contributed by atoms with E-state index in [4.69, 9.17) is 0 Å². The van der Waals surface area contributed by atoms with Crippen molar-refractivity contribution in [3.8, 4) is 0 Å². The van der Waals surface area contributed by atoms with E-state index in [1.807, 2.05) is 0 Å². The zero-order valence-corrected chi connectivity index (χ0v) is 7.50. The molecular weight excluding hydrogens is 182 g/mol. The standard InChI is InChI=1S/C6H11NO4S/c1-12(10,11)7-4-2-3-5(7)6(8)9/h5H,2-4H2,1H3,(H,8,9)/p-1/t5-/m0/s1. The van der Waals surface area contributed by atoms with Gasteiger partial charge in [-0.15, -0.1) is 0 Å². The highest BCUT2D eigenvalue weighted by molar-refractivity contribution is 7.88. The zero-order valence-electron chi connectivity index (χ0n) is 6.69. The quantitative estimate of drug-likeness (QED) is 0.515. The average Bonchev–Trinajstić information content (AvgIpc) is 2.30. The highest BCUT2D eigenvalue weighted by Gasteiger charge is 2.31. The molecule has 0 bridgehead atoms. The summed E-state index contributed by atoms with van der Waals surface area (Å²) in [7, 11) is -3.38. The molecule has 0 unspecified atom stereocenters. The Labute approximate surface area is 71.0 Å². The van der Waals surface area contributed by atoms with Crippen LogP contribution in [0.25, 0.3) is 0 Å². The molecule has 0 radical (unpaired) electrons. The van der Waals surface area contributed by atoms with Crippen LogP contribution in [0.15, 0.2) is 0 Å². The Hall–Kier alpha value is -0.620. The predicted octanol–water partition coefficient (Wildman–Crippen LogP) is -1.84. The fourth-order valence-corrected chi connectivity index (χ4v) is 2.49. The number of carbonyl (C=O) groups is 1. The van der Waals surface area contributed by atoms with Gasteiger partial charge in [-0.05, 0) is 12.8 Å². The van der Waals surface area contributed by atoms with Crippen molar-refractivity contribution in [2.24, 2.45) is 0 Å². The smallest absolute Gasteiger partial charge is 0.211 e. The third-order valence-corrected chi connectivity index (χ3v) is 3.19. The van der Waals surface area contributed by atoms with Crippen LogP contribution in [-0.4, -0.2) is 37.5 Å². The van der Waals surface area contributed by atoms with Crippen molar-refractivity contribution in [2.75, 3.05) is 12.8 Å². The second-order valence-electron chi connectivity index (χ2n) is 2.85. The van der Waals surface area contributed by atoms with E-state index in [2.05, 4.69) is 0 Å². The van der Waals surface area contributed by atoms with Crippen LogP contribution >= 0.6 is 0 Å². The van der Waals surface area contributed by atoms with Gasteiger partial charge in [0.2, 0.25) is 10.0 Å². The summed E-state index contributed by atoms with van der Waals surface area (Å²) in [4.78, 5) is 10.4. The van der Waals surface area contributed by atoms with Crippen molar-refractivity contribution >= 4 is 16.0 Å². The molecule has 1 heterocycles. The minimum atomic E-state index is -3.38. The SMILES string of the molecule is CS(=O)(=O)N1CCC[C@H]1C(=O)[O-]. The maximum absolute atomic E-state index is 11.0. The Morgan fingerprint density at radius 2 is 2.17 bits per heavy atom. The topological polar surface area (TPSA) is 77.5 Å². The Morgan fingerprint density at radius 3 is 2.50 bits per heavy atom. The normalized spacial score (nSPS) is 25.9. The first kappa shape index (κ1) is 9.47. The molecule has 1 saturated heterocycles. The lowest BCUT2D eigenvalue weighted by Crippen LogP contribution is -2.46. The van der Waals surface area contributed by atoms with Gasteiger partial charge in [-0.2, -0.15) is 4.31 Å². The van der Waals surface area contributed by atoms with E-state index in [-0.39, 0.29) is 6.54 Å². The van der Waals surface area contributed by atoms with Gasteiger partial charge in [0.15, 0.2) is 0 Å². The average molecular weight is 192 g/mol. The largest absolute Gasteiger partial charge is 0.548 e. The van der Waals surface area contributed by atoms with Gasteiger partial charge in [0, 0.05) is 6.54 Å². The van der Waals surface area contributed by atoms with Crippen LogP contribution in [0.5, 0.6) is 0 Å². The zero-order chi connectivity index (χ0) is 9.35. The van der Waals surface area contributed by atoms with Crippen LogP contribution in [0.2, 0.25) is 0 Å². The third-order valence-electron chi connectivity index (χ3n) is 1.90. The van der Waals surface area contributed by atoms with Crippen LogP contribution in [0, 0.1) is 0 Å². The van der Waals surface area contributed by atoms with Crippen LogP contribution in [-0.2, 0) is 14.8 Å². The summed E-state index contributed by atoms with van der Waals surface area (Å²) in [6.45, 7) is 0.289. The van der Waals surface area contributed by atoms with E-state index >= 15 is 0 Å². The molecule has 70 valence electrons. The summed E-state index contributed by atoms with van der Waals surface area (Å²) in [6, 6.07) is -0.958. The second-order valence-corrected chi connectivity index (χ2v) is 4.79. The van der Waals surface area contributed by atoms with Gasteiger partial charge < -0.3 is 9.90 Å². The molecule has 0 amide bonds. The Balaban J connectivity index is 2.85. The maximum atomic E-state index is 11.0. The van der Waals surface area contributed by atoms with Crippen molar-refractivity contribution in [3.63, 3.8) is 0 Å². The van der Waals surface area contributed by atoms with E-state index in [0.29, 0.717) is 12.8 Å². The molecule has 1 fully saturated rings. The molecule has 6 heteroatoms. The number of rotatable bonds is 2. The van der Waals surface area contributed by atoms with Crippen molar-refractivity contribution in [1.29, 1.82) is 0 Å². The van der Waals surface area contributed by atoms with Crippen molar-refractivity contribution in [3.05, 3.63) is 0 Å². The molecule has 0 aromatic rings. The molecule has 0 spiro atoms. The van der Waals surface area contributed by atoms with Gasteiger partial charge in [0.05, 0.1) is 18.3 Å². The maximum Gasteiger partial charge on any atom is 0.211 e. The molecule has 0 aliphatic carbocycles. The minimum Gasteiger partial charge on any atom is -0.548 e. The van der Waals surface area contributed by atoms with E-state index in [0.717, 1.165) is 10.6 Å². The lowest BCUT2D eigenvalue weighted by atomic mass is 10.2. The first-order valence-electron chi connectivity index (χ1n) is 3.60. The lowest BCUT2D eigenvalue weighted by molar-refractivity contribution is -0.309. The fourth-order valence-electron chi connectivity index (χ4n) is 1.37. The Bertz CT molecular complexity index is 284. The molecule has 0 N–H and O–H groups in total. The van der Waals surface area contributed by atoms with Gasteiger partial charge in [-0.3, -0.25) is 0 Å². The minimum absolute atomic E-state index is 0.289. The molecule has 1 rings (SSSR count). The van der Waals surface area contributed by atoms with Crippen LogP contribution in [0.1, 0.15) is 12.8 Å². The summed E-state index contributed by atoms with van der Waals surface area (Å²) in [5, 5.41) is 10.4. The van der Waals surface area contributed by atoms with Crippen LogP contribution in [0.4, 0.5) is 0 Å². The van der Waals surface area contributed by atoms with Crippen LogP contribution < -0.4 is 5.11 Å². The summed E-state index contributed by atoms with van der Waals surface area (Å²) >= 11 is 0. The monoisotopic (exact) mass is 192 g/mol. The molecule has 1 aliphatic rings. The summed E-state index contributed by atoms with van der Waals surface area (Å²) < 4.78 is 22.9. The number of carboxylic acid groups (broad SMARTS) is 1. The molecule has 0 aromatic carbocycles. The number of sulfonamides is 1. The van der Waals surface area contributed by atoms with E-state index in [1.54, 1.807) is 0 Å². The number of carbonyl (C=O) groups excluding carboxylic acids is 1. The van der Waals surface area contributed by atoms with Gasteiger partial charge >= 0.3 is 0 Å². The first-order valence-corrected chi connectivity index (χ1v) is 5.45. The lowest BCUT2D eigenvalue weighted by Gasteiger charge is -2.22. The summed E-state index contributed by atoms with van der Waals surface area (Å²) in [6.07, 6.45) is 1.95. The predicted molar refractivity (Wildman–Crippen MR) is 39.6 cm³/mol. The number of aliphatic carboxylic acids is 1. The number of carboxylic acids is 1. The number of hydrogen-bond donors (Lipinski definition) is 0. The Morgan fingerprint density at radius 1 is 1.58 bits per heavy atom. The van der Waals surface area contributed by atoms with E-state index < -0.39 is 22.0 Å². The fraction of sp³-hybridized carbons (Fsp3) is 0.833. The molecule has 0 aromatic heterocycles. The third kappa shape index (κ3) is 1.75. The van der Waals surface area contributed by atoms with Crippen LogP contribution in [0.3, 0.4) is 0 Å². The highest BCUT2D eigenvalue weighted by Crippen LogP contribution is 2.19. The van der Waals surface area contributed by atoms with Crippen molar-refractivity contribution in [2.45, 2.75) is 18.9 Å². The highest BCUT2D eigenvalue weighted by atomic mass is 32.2. The van der Waals surface area contributed by atoms with E-state index in [1.165, 1.54) is 0 Å². The van der Waals surface area contributed by atoms with Crippen molar-refractivity contribution in [1.82, 2.24) is 4.31 Å². The summed E-state index contributed by atoms with van der Waals surface area (Å²) in [5.74, 6) is -1.31. The van der Waals surface area contributed by atoms with E-state index in [9.17, 15) is 18.3 Å². The van der Waals surface area contributed by atoms with Gasteiger partial charge in [-0.1, -0.05) is 0 Å². The summed E-state index contributed by atoms with van der Waals surface area (Å²) in [5.41, 5.74) is 0. The van der Waals surface area contributed by atoms with Gasteiger partial charge in [0.1, 0.15) is 0 Å². The van der Waals surface area contributed by atoms with Gasteiger partial charge in [-0.25, -0.2) is 8.42 Å². The first-order chi connectivity index (χ1) is 5.43. The molecular formula is C6H10NO4S-. The number of nitrogens with zero attached hydrogens (tertiary/aromatic N) is 1. The molecule has 0 saturated carbocycles. The molecule has 1 atom stereocenters. The van der Waals surface area contributed by atoms with Crippen molar-refractivity contribution < 1.29 is 18.3 Å². The molecule has 5 nitrogen and oxygen atoms in total. The van der Waals surface area contributed by atoms with Gasteiger partial charge in [0.25, 0.3) is 0 Å². The second kappa shape index (κ2) is 3.02. The Kier molecular flexibility index (Phi) is 2.39.